The normalized spacial score (nSPS) is 26.8. The Labute approximate surface area is 193 Å². The maximum absolute atomic E-state index is 12.0. The Hall–Kier alpha value is -0.650. The van der Waals surface area contributed by atoms with Gasteiger partial charge in [-0.2, -0.15) is 0 Å². The molecule has 2 rings (SSSR count). The molecule has 29 heavy (non-hydrogen) atoms. The third-order valence-electron chi connectivity index (χ3n) is 6.51. The lowest BCUT2D eigenvalue weighted by atomic mass is 9.56. The van der Waals surface area contributed by atoms with Crippen LogP contribution in [0.5, 0.6) is 0 Å². The number of nitrogens with zero attached hydrogens (tertiary/aromatic N) is 3. The fourth-order valence-electron chi connectivity index (χ4n) is 3.66. The number of rotatable bonds is 8. The second-order valence-corrected chi connectivity index (χ2v) is 8.75. The van der Waals surface area contributed by atoms with Crippen LogP contribution in [0.3, 0.4) is 0 Å². The van der Waals surface area contributed by atoms with Gasteiger partial charge >= 0.3 is 0 Å². The molecule has 1 aliphatic carbocycles. The van der Waals surface area contributed by atoms with Crippen LogP contribution in [0.4, 0.5) is 0 Å². The fraction of sp³-hybridized carbons (Fsp3) is 0.900. The Morgan fingerprint density at radius 1 is 1.28 bits per heavy atom. The Morgan fingerprint density at radius 3 is 2.48 bits per heavy atom. The molecule has 2 fully saturated rings. The standard InChI is InChI=1S/C20H39N5O3.HI/c1-19(2)16(14-20(19,3)27-6)23-18(22-15-17(26)24(4)5)21-8-7-9-25-10-12-28-13-11-25;/h16H,7-15H2,1-6H3,(H2,21,22,23);1H. The molecule has 0 aromatic carbocycles. The molecule has 1 heterocycles. The first-order valence-corrected chi connectivity index (χ1v) is 10.3. The van der Waals surface area contributed by atoms with Crippen LogP contribution in [0.2, 0.25) is 0 Å². The SMILES string of the molecule is COC1(C)CC(NC(=NCC(=O)N(C)C)NCCCN2CCOCC2)C1(C)C.I. The fourth-order valence-corrected chi connectivity index (χ4v) is 3.66. The summed E-state index contributed by atoms with van der Waals surface area (Å²) in [4.78, 5) is 20.5. The molecule has 2 unspecified atom stereocenters. The van der Waals surface area contributed by atoms with Crippen molar-refractivity contribution in [3.63, 3.8) is 0 Å². The van der Waals surface area contributed by atoms with E-state index in [0.717, 1.165) is 52.2 Å². The van der Waals surface area contributed by atoms with Crippen molar-refractivity contribution >= 4 is 35.8 Å². The van der Waals surface area contributed by atoms with Crippen molar-refractivity contribution in [3.05, 3.63) is 0 Å². The molecule has 1 amide bonds. The first kappa shape index (κ1) is 26.4. The van der Waals surface area contributed by atoms with Gasteiger partial charge in [-0.15, -0.1) is 24.0 Å². The van der Waals surface area contributed by atoms with Crippen LogP contribution in [0.1, 0.15) is 33.6 Å². The van der Waals surface area contributed by atoms with Crippen molar-refractivity contribution in [2.24, 2.45) is 10.4 Å². The van der Waals surface area contributed by atoms with E-state index >= 15 is 0 Å². The third-order valence-corrected chi connectivity index (χ3v) is 6.51. The lowest BCUT2D eigenvalue weighted by molar-refractivity contribution is -0.176. The average molecular weight is 525 g/mol. The van der Waals surface area contributed by atoms with Crippen LogP contribution in [-0.4, -0.2) is 100 Å². The van der Waals surface area contributed by atoms with Crippen LogP contribution in [-0.2, 0) is 14.3 Å². The molecule has 1 saturated carbocycles. The van der Waals surface area contributed by atoms with Gasteiger partial charge in [0, 0.05) is 52.3 Å². The summed E-state index contributed by atoms with van der Waals surface area (Å²) >= 11 is 0. The monoisotopic (exact) mass is 525 g/mol. The number of amides is 1. The molecule has 2 N–H and O–H groups in total. The molecule has 1 aliphatic heterocycles. The first-order chi connectivity index (χ1) is 13.2. The number of ether oxygens (including phenoxy) is 2. The van der Waals surface area contributed by atoms with E-state index in [2.05, 4.69) is 41.3 Å². The number of morpholine rings is 1. The van der Waals surface area contributed by atoms with Crippen molar-refractivity contribution < 1.29 is 14.3 Å². The maximum atomic E-state index is 12.0. The summed E-state index contributed by atoms with van der Waals surface area (Å²) in [5, 5.41) is 6.93. The number of hydrogen-bond donors (Lipinski definition) is 2. The second-order valence-electron chi connectivity index (χ2n) is 8.75. The topological polar surface area (TPSA) is 78.4 Å². The minimum absolute atomic E-state index is 0. The summed E-state index contributed by atoms with van der Waals surface area (Å²) in [6.07, 6.45) is 1.93. The Bertz CT molecular complexity index is 552. The van der Waals surface area contributed by atoms with Gasteiger partial charge in [-0.05, 0) is 26.3 Å². The van der Waals surface area contributed by atoms with Crippen LogP contribution >= 0.6 is 24.0 Å². The molecular formula is C20H40IN5O3. The highest BCUT2D eigenvalue weighted by molar-refractivity contribution is 14.0. The average Bonchev–Trinajstić information content (AvgIpc) is 2.68. The highest BCUT2D eigenvalue weighted by Crippen LogP contribution is 2.51. The van der Waals surface area contributed by atoms with Crippen molar-refractivity contribution in [1.29, 1.82) is 0 Å². The minimum atomic E-state index is -0.147. The van der Waals surface area contributed by atoms with Gasteiger partial charge in [0.1, 0.15) is 6.54 Å². The van der Waals surface area contributed by atoms with Gasteiger partial charge in [0.15, 0.2) is 5.96 Å². The zero-order valence-electron chi connectivity index (χ0n) is 18.9. The number of hydrogen-bond acceptors (Lipinski definition) is 5. The molecule has 2 aliphatic rings. The van der Waals surface area contributed by atoms with Crippen molar-refractivity contribution in [3.8, 4) is 0 Å². The Balaban J connectivity index is 0.00000420. The summed E-state index contributed by atoms with van der Waals surface area (Å²) in [6, 6.07) is 0.248. The van der Waals surface area contributed by atoms with Gasteiger partial charge in [-0.3, -0.25) is 9.69 Å². The highest BCUT2D eigenvalue weighted by atomic mass is 127. The van der Waals surface area contributed by atoms with E-state index < -0.39 is 0 Å². The quantitative estimate of drug-likeness (QED) is 0.214. The minimum Gasteiger partial charge on any atom is -0.379 e. The van der Waals surface area contributed by atoms with Gasteiger partial charge in [0.2, 0.25) is 5.91 Å². The predicted octanol–water partition coefficient (Wildman–Crippen LogP) is 1.15. The van der Waals surface area contributed by atoms with Crippen LogP contribution in [0, 0.1) is 5.41 Å². The molecule has 1 saturated heterocycles. The van der Waals surface area contributed by atoms with Gasteiger partial charge in [-0.1, -0.05) is 13.8 Å². The first-order valence-electron chi connectivity index (χ1n) is 10.3. The van der Waals surface area contributed by atoms with Crippen LogP contribution in [0.25, 0.3) is 0 Å². The molecule has 9 heteroatoms. The predicted molar refractivity (Wildman–Crippen MR) is 127 cm³/mol. The van der Waals surface area contributed by atoms with E-state index in [1.807, 2.05) is 0 Å². The summed E-state index contributed by atoms with van der Waals surface area (Å²) in [5.74, 6) is 0.692. The molecular weight excluding hydrogens is 485 g/mol. The van der Waals surface area contributed by atoms with Crippen molar-refractivity contribution in [2.45, 2.75) is 45.3 Å². The summed E-state index contributed by atoms with van der Waals surface area (Å²) in [5.41, 5.74) is -0.172. The number of aliphatic imine (C=N–C) groups is 1. The Kier molecular flexibility index (Phi) is 10.6. The zero-order valence-corrected chi connectivity index (χ0v) is 21.2. The number of methoxy groups -OCH3 is 1. The number of likely N-dealkylation sites (N-methyl/N-ethyl adjacent to an activating group) is 1. The van der Waals surface area contributed by atoms with Crippen molar-refractivity contribution in [2.75, 3.05) is 67.1 Å². The van der Waals surface area contributed by atoms with E-state index in [1.54, 1.807) is 26.1 Å². The van der Waals surface area contributed by atoms with E-state index in [-0.39, 0.29) is 53.5 Å². The summed E-state index contributed by atoms with van der Waals surface area (Å²) in [6.45, 7) is 12.2. The number of nitrogens with one attached hydrogen (secondary N) is 2. The van der Waals surface area contributed by atoms with E-state index in [9.17, 15) is 4.79 Å². The molecule has 0 aromatic rings. The summed E-state index contributed by atoms with van der Waals surface area (Å²) < 4.78 is 11.1. The molecule has 8 nitrogen and oxygen atoms in total. The molecule has 0 spiro atoms. The van der Waals surface area contributed by atoms with Gasteiger partial charge in [0.05, 0.1) is 18.8 Å². The molecule has 170 valence electrons. The van der Waals surface area contributed by atoms with Crippen molar-refractivity contribution in [1.82, 2.24) is 20.4 Å². The number of guanidine groups is 1. The summed E-state index contributed by atoms with van der Waals surface area (Å²) in [7, 11) is 5.27. The van der Waals surface area contributed by atoms with Gasteiger partial charge in [0.25, 0.3) is 0 Å². The molecule has 0 radical (unpaired) electrons. The van der Waals surface area contributed by atoms with Gasteiger partial charge < -0.3 is 25.0 Å². The molecule has 0 aromatic heterocycles. The zero-order chi connectivity index (χ0) is 20.8. The molecule has 0 bridgehead atoms. The van der Waals surface area contributed by atoms with Gasteiger partial charge in [-0.25, -0.2) is 4.99 Å². The number of carbonyl (C=O) groups is 1. The maximum Gasteiger partial charge on any atom is 0.243 e. The lowest BCUT2D eigenvalue weighted by Gasteiger charge is -2.59. The number of carbonyl (C=O) groups excluding carboxylic acids is 1. The smallest absolute Gasteiger partial charge is 0.243 e. The second kappa shape index (κ2) is 11.7. The molecule has 2 atom stereocenters. The van der Waals surface area contributed by atoms with E-state index in [4.69, 9.17) is 9.47 Å². The Morgan fingerprint density at radius 2 is 1.93 bits per heavy atom. The van der Waals surface area contributed by atoms with Crippen LogP contribution < -0.4 is 10.6 Å². The number of halogens is 1. The van der Waals surface area contributed by atoms with E-state index in [0.29, 0.717) is 5.96 Å². The lowest BCUT2D eigenvalue weighted by Crippen LogP contribution is -2.69. The highest BCUT2D eigenvalue weighted by Gasteiger charge is 2.58. The van der Waals surface area contributed by atoms with E-state index in [1.165, 1.54) is 0 Å². The largest absolute Gasteiger partial charge is 0.379 e. The van der Waals surface area contributed by atoms with Crippen LogP contribution in [0.15, 0.2) is 4.99 Å². The third kappa shape index (κ3) is 6.93.